The molecule has 0 aromatic rings. The van der Waals surface area contributed by atoms with Gasteiger partial charge in [0.1, 0.15) is 0 Å². The van der Waals surface area contributed by atoms with Gasteiger partial charge in [0.15, 0.2) is 0 Å². The molecule has 2 unspecified atom stereocenters. The zero-order valence-corrected chi connectivity index (χ0v) is 14.8. The first-order chi connectivity index (χ1) is 9.44. The minimum absolute atomic E-state index is 0. The van der Waals surface area contributed by atoms with E-state index in [1.807, 2.05) is 13.8 Å². The molecular formula is C16H32NiO4. The summed E-state index contributed by atoms with van der Waals surface area (Å²) in [5.41, 5.74) is 0. The standard InChI is InChI=1S/2C8H16O2.Ni/c2*1-3-5-6-7(4-2)8(9)10;/h2*7H,3-6H2,1-2H3,(H,9,10);. The van der Waals surface area contributed by atoms with E-state index in [0.29, 0.717) is 0 Å². The summed E-state index contributed by atoms with van der Waals surface area (Å²) in [7, 11) is 0. The van der Waals surface area contributed by atoms with Gasteiger partial charge < -0.3 is 10.2 Å². The van der Waals surface area contributed by atoms with E-state index < -0.39 is 11.9 Å². The van der Waals surface area contributed by atoms with Crippen molar-refractivity contribution < 1.29 is 36.3 Å². The Bertz CT molecular complexity index is 231. The summed E-state index contributed by atoms with van der Waals surface area (Å²) in [5, 5.41) is 17.2. The molecule has 0 radical (unpaired) electrons. The maximum Gasteiger partial charge on any atom is 0.306 e. The van der Waals surface area contributed by atoms with E-state index >= 15 is 0 Å². The van der Waals surface area contributed by atoms with Crippen LogP contribution < -0.4 is 0 Å². The van der Waals surface area contributed by atoms with Gasteiger partial charge in [-0.05, 0) is 25.7 Å². The van der Waals surface area contributed by atoms with Gasteiger partial charge in [-0.25, -0.2) is 0 Å². The molecule has 0 spiro atoms. The zero-order chi connectivity index (χ0) is 16.0. The first kappa shape index (κ1) is 25.4. The van der Waals surface area contributed by atoms with Crippen molar-refractivity contribution in [2.75, 3.05) is 0 Å². The van der Waals surface area contributed by atoms with Crippen LogP contribution in [0.1, 0.15) is 79.1 Å². The van der Waals surface area contributed by atoms with E-state index in [2.05, 4.69) is 13.8 Å². The summed E-state index contributed by atoms with van der Waals surface area (Å²) in [6, 6.07) is 0. The molecule has 0 fully saturated rings. The third kappa shape index (κ3) is 15.6. The predicted octanol–water partition coefficient (Wildman–Crippen LogP) is 4.57. The SMILES string of the molecule is CCCCC(CC)C(=O)O.CCCCC(CC)C(=O)O.[Ni]. The molecule has 0 bridgehead atoms. The molecule has 21 heavy (non-hydrogen) atoms. The predicted molar refractivity (Wildman–Crippen MR) is 81.9 cm³/mol. The number of unbranched alkanes of at least 4 members (excludes halogenated alkanes) is 2. The number of hydrogen-bond acceptors (Lipinski definition) is 2. The van der Waals surface area contributed by atoms with Crippen LogP contribution in [-0.2, 0) is 26.1 Å². The summed E-state index contributed by atoms with van der Waals surface area (Å²) in [6.07, 6.45) is 7.43. The quantitative estimate of drug-likeness (QED) is 0.568. The Morgan fingerprint density at radius 2 is 1.05 bits per heavy atom. The van der Waals surface area contributed by atoms with E-state index in [1.165, 1.54) is 0 Å². The molecule has 4 nitrogen and oxygen atoms in total. The summed E-state index contributed by atoms with van der Waals surface area (Å²) < 4.78 is 0. The van der Waals surface area contributed by atoms with Crippen molar-refractivity contribution in [2.24, 2.45) is 11.8 Å². The zero-order valence-electron chi connectivity index (χ0n) is 13.8. The molecule has 0 aromatic carbocycles. The molecule has 0 heterocycles. The summed E-state index contributed by atoms with van der Waals surface area (Å²) in [4.78, 5) is 20.9. The maximum atomic E-state index is 10.4. The monoisotopic (exact) mass is 346 g/mol. The molecule has 0 saturated heterocycles. The fourth-order valence-corrected chi connectivity index (χ4v) is 1.91. The Kier molecular flexibility index (Phi) is 21.1. The molecule has 130 valence electrons. The van der Waals surface area contributed by atoms with Gasteiger partial charge in [-0.2, -0.15) is 0 Å². The van der Waals surface area contributed by atoms with E-state index in [4.69, 9.17) is 10.2 Å². The third-order valence-corrected chi connectivity index (χ3v) is 3.50. The van der Waals surface area contributed by atoms with E-state index in [0.717, 1.165) is 51.4 Å². The van der Waals surface area contributed by atoms with Crippen molar-refractivity contribution in [1.29, 1.82) is 0 Å². The Morgan fingerprint density at radius 3 is 1.19 bits per heavy atom. The second-order valence-corrected chi connectivity index (χ2v) is 5.17. The number of hydrogen-bond donors (Lipinski definition) is 2. The molecule has 0 aliphatic carbocycles. The van der Waals surface area contributed by atoms with Gasteiger partial charge in [-0.15, -0.1) is 0 Å². The van der Waals surface area contributed by atoms with Gasteiger partial charge in [0.25, 0.3) is 0 Å². The van der Waals surface area contributed by atoms with Gasteiger partial charge in [-0.3, -0.25) is 9.59 Å². The first-order valence-electron chi connectivity index (χ1n) is 7.89. The average molecular weight is 347 g/mol. The van der Waals surface area contributed by atoms with Crippen molar-refractivity contribution in [1.82, 2.24) is 0 Å². The average Bonchev–Trinajstić information content (AvgIpc) is 2.40. The van der Waals surface area contributed by atoms with Crippen LogP contribution in [0.4, 0.5) is 0 Å². The minimum Gasteiger partial charge on any atom is -0.481 e. The number of carbonyl (C=O) groups is 2. The Balaban J connectivity index is -0.000000295. The largest absolute Gasteiger partial charge is 0.481 e. The second-order valence-electron chi connectivity index (χ2n) is 5.17. The van der Waals surface area contributed by atoms with E-state index in [9.17, 15) is 9.59 Å². The van der Waals surface area contributed by atoms with Gasteiger partial charge in [0.05, 0.1) is 11.8 Å². The van der Waals surface area contributed by atoms with Crippen LogP contribution in [-0.4, -0.2) is 22.2 Å². The second kappa shape index (κ2) is 17.5. The van der Waals surface area contributed by atoms with Crippen LogP contribution in [0.15, 0.2) is 0 Å². The first-order valence-corrected chi connectivity index (χ1v) is 7.89. The molecule has 2 atom stereocenters. The van der Waals surface area contributed by atoms with E-state index in [-0.39, 0.29) is 28.3 Å². The van der Waals surface area contributed by atoms with Crippen LogP contribution in [0, 0.1) is 11.8 Å². The summed E-state index contributed by atoms with van der Waals surface area (Å²) in [5.74, 6) is -1.51. The van der Waals surface area contributed by atoms with Crippen LogP contribution in [0.5, 0.6) is 0 Å². The Labute approximate surface area is 139 Å². The van der Waals surface area contributed by atoms with Gasteiger partial charge in [0, 0.05) is 16.5 Å². The fraction of sp³-hybridized carbons (Fsp3) is 0.875. The van der Waals surface area contributed by atoms with Crippen molar-refractivity contribution in [3.63, 3.8) is 0 Å². The summed E-state index contributed by atoms with van der Waals surface area (Å²) in [6.45, 7) is 8.01. The molecule has 2 N–H and O–H groups in total. The Morgan fingerprint density at radius 1 is 0.762 bits per heavy atom. The third-order valence-electron chi connectivity index (χ3n) is 3.50. The van der Waals surface area contributed by atoms with Crippen LogP contribution >= 0.6 is 0 Å². The van der Waals surface area contributed by atoms with Gasteiger partial charge in [-0.1, -0.05) is 53.4 Å². The van der Waals surface area contributed by atoms with Crippen LogP contribution in [0.2, 0.25) is 0 Å². The number of rotatable bonds is 10. The Hall–Kier alpha value is -0.566. The molecule has 0 aromatic heterocycles. The maximum absolute atomic E-state index is 10.4. The summed E-state index contributed by atoms with van der Waals surface area (Å²) >= 11 is 0. The number of carboxylic acids is 2. The molecule has 5 heteroatoms. The van der Waals surface area contributed by atoms with Gasteiger partial charge >= 0.3 is 11.9 Å². The number of aliphatic carboxylic acids is 2. The van der Waals surface area contributed by atoms with E-state index in [1.54, 1.807) is 0 Å². The van der Waals surface area contributed by atoms with Gasteiger partial charge in [0.2, 0.25) is 0 Å². The molecule has 0 amide bonds. The molecule has 0 rings (SSSR count). The van der Waals surface area contributed by atoms with Crippen LogP contribution in [0.25, 0.3) is 0 Å². The number of carboxylic acid groups (broad SMARTS) is 2. The normalized spacial score (nSPS) is 12.4. The molecule has 0 aliphatic heterocycles. The van der Waals surface area contributed by atoms with Crippen molar-refractivity contribution in [3.05, 3.63) is 0 Å². The van der Waals surface area contributed by atoms with Crippen molar-refractivity contribution in [2.45, 2.75) is 79.1 Å². The topological polar surface area (TPSA) is 74.6 Å². The smallest absolute Gasteiger partial charge is 0.306 e. The van der Waals surface area contributed by atoms with Crippen LogP contribution in [0.3, 0.4) is 0 Å². The molecular weight excluding hydrogens is 315 g/mol. The molecule has 0 aliphatic rings. The van der Waals surface area contributed by atoms with Crippen molar-refractivity contribution in [3.8, 4) is 0 Å². The minimum atomic E-state index is -0.643. The fourth-order valence-electron chi connectivity index (χ4n) is 1.91. The van der Waals surface area contributed by atoms with Crippen molar-refractivity contribution >= 4 is 11.9 Å². The molecule has 0 saturated carbocycles.